The SMILES string of the molecule is CCNC1C(CN(C)CC(C)(C)O)C(C)(C)OC1(C)C. The lowest BCUT2D eigenvalue weighted by molar-refractivity contribution is -0.0802. The van der Waals surface area contributed by atoms with Gasteiger partial charge in [-0.05, 0) is 55.1 Å². The summed E-state index contributed by atoms with van der Waals surface area (Å²) in [6.45, 7) is 17.0. The second-order valence-electron chi connectivity index (χ2n) is 7.96. The molecule has 0 aromatic rings. The molecular formula is C16H34N2O2. The Labute approximate surface area is 124 Å². The number of ether oxygens (including phenoxy) is 1. The zero-order chi connectivity index (χ0) is 15.8. The van der Waals surface area contributed by atoms with Crippen molar-refractivity contribution in [2.45, 2.75) is 71.3 Å². The molecule has 0 spiro atoms. The first-order valence-electron chi connectivity index (χ1n) is 7.73. The number of likely N-dealkylation sites (N-methyl/N-ethyl adjacent to an activating group) is 2. The Morgan fingerprint density at radius 2 is 1.75 bits per heavy atom. The average Bonchev–Trinajstić information content (AvgIpc) is 2.33. The Kier molecular flexibility index (Phi) is 5.29. The average molecular weight is 286 g/mol. The van der Waals surface area contributed by atoms with Crippen LogP contribution in [0.3, 0.4) is 0 Å². The minimum absolute atomic E-state index is 0.163. The van der Waals surface area contributed by atoms with Gasteiger partial charge in [0.05, 0.1) is 16.8 Å². The quantitative estimate of drug-likeness (QED) is 0.782. The fraction of sp³-hybridized carbons (Fsp3) is 1.00. The lowest BCUT2D eigenvalue weighted by Gasteiger charge is -2.35. The van der Waals surface area contributed by atoms with Crippen molar-refractivity contribution >= 4 is 0 Å². The normalized spacial score (nSPS) is 29.1. The highest BCUT2D eigenvalue weighted by Crippen LogP contribution is 2.42. The van der Waals surface area contributed by atoms with Crippen molar-refractivity contribution in [2.75, 3.05) is 26.7 Å². The third-order valence-electron chi connectivity index (χ3n) is 4.16. The highest BCUT2D eigenvalue weighted by molar-refractivity contribution is 5.06. The molecule has 0 amide bonds. The van der Waals surface area contributed by atoms with E-state index in [4.69, 9.17) is 4.74 Å². The highest BCUT2D eigenvalue weighted by Gasteiger charge is 2.53. The van der Waals surface area contributed by atoms with Gasteiger partial charge in [0.25, 0.3) is 0 Å². The van der Waals surface area contributed by atoms with Crippen LogP contribution in [-0.2, 0) is 4.74 Å². The first-order valence-corrected chi connectivity index (χ1v) is 7.73. The number of rotatable bonds is 6. The Morgan fingerprint density at radius 3 is 2.20 bits per heavy atom. The minimum Gasteiger partial charge on any atom is -0.389 e. The fourth-order valence-electron chi connectivity index (χ4n) is 3.70. The molecular weight excluding hydrogens is 252 g/mol. The van der Waals surface area contributed by atoms with Crippen LogP contribution in [0.2, 0.25) is 0 Å². The summed E-state index contributed by atoms with van der Waals surface area (Å²) in [7, 11) is 2.07. The summed E-state index contributed by atoms with van der Waals surface area (Å²) in [5.41, 5.74) is -0.995. The summed E-state index contributed by atoms with van der Waals surface area (Å²) in [6, 6.07) is 0.326. The molecule has 4 nitrogen and oxygen atoms in total. The van der Waals surface area contributed by atoms with Crippen molar-refractivity contribution in [1.82, 2.24) is 10.2 Å². The van der Waals surface area contributed by atoms with Crippen molar-refractivity contribution in [3.8, 4) is 0 Å². The first kappa shape index (κ1) is 17.9. The molecule has 1 saturated heterocycles. The van der Waals surface area contributed by atoms with Crippen LogP contribution < -0.4 is 5.32 Å². The number of nitrogens with one attached hydrogen (secondary N) is 1. The molecule has 0 radical (unpaired) electrons. The van der Waals surface area contributed by atoms with E-state index in [9.17, 15) is 5.11 Å². The topological polar surface area (TPSA) is 44.7 Å². The molecule has 0 aliphatic carbocycles. The third kappa shape index (κ3) is 4.42. The maximum absolute atomic E-state index is 9.98. The predicted molar refractivity (Wildman–Crippen MR) is 84.0 cm³/mol. The van der Waals surface area contributed by atoms with Crippen LogP contribution >= 0.6 is 0 Å². The standard InChI is InChI=1S/C16H34N2O2/c1-9-17-13-12(10-18(8)11-14(2,3)19)15(4,5)20-16(13,6)7/h12-13,17,19H,9-11H2,1-8H3. The van der Waals surface area contributed by atoms with E-state index < -0.39 is 5.60 Å². The molecule has 2 N–H and O–H groups in total. The number of hydrogen-bond acceptors (Lipinski definition) is 4. The Bertz CT molecular complexity index is 321. The van der Waals surface area contributed by atoms with Gasteiger partial charge >= 0.3 is 0 Å². The summed E-state index contributed by atoms with van der Waals surface area (Å²) in [5.74, 6) is 0.393. The van der Waals surface area contributed by atoms with E-state index in [-0.39, 0.29) is 11.2 Å². The first-order chi connectivity index (χ1) is 8.89. The molecule has 2 atom stereocenters. The monoisotopic (exact) mass is 286 g/mol. The second kappa shape index (κ2) is 5.91. The van der Waals surface area contributed by atoms with E-state index in [1.54, 1.807) is 0 Å². The van der Waals surface area contributed by atoms with E-state index >= 15 is 0 Å². The second-order valence-corrected chi connectivity index (χ2v) is 7.96. The minimum atomic E-state index is -0.665. The summed E-state index contributed by atoms with van der Waals surface area (Å²) >= 11 is 0. The van der Waals surface area contributed by atoms with Crippen molar-refractivity contribution in [2.24, 2.45) is 5.92 Å². The van der Waals surface area contributed by atoms with E-state index in [0.717, 1.165) is 13.1 Å². The molecule has 20 heavy (non-hydrogen) atoms. The van der Waals surface area contributed by atoms with Gasteiger partial charge < -0.3 is 20.1 Å². The summed E-state index contributed by atoms with van der Waals surface area (Å²) in [4.78, 5) is 2.21. The molecule has 0 aromatic heterocycles. The Morgan fingerprint density at radius 1 is 1.20 bits per heavy atom. The van der Waals surface area contributed by atoms with Crippen LogP contribution in [-0.4, -0.2) is 59.5 Å². The summed E-state index contributed by atoms with van der Waals surface area (Å²) in [5, 5.41) is 13.6. The van der Waals surface area contributed by atoms with Crippen molar-refractivity contribution in [3.63, 3.8) is 0 Å². The van der Waals surface area contributed by atoms with Crippen LogP contribution in [0, 0.1) is 5.92 Å². The van der Waals surface area contributed by atoms with Crippen LogP contribution in [0.4, 0.5) is 0 Å². The van der Waals surface area contributed by atoms with Gasteiger partial charge in [-0.2, -0.15) is 0 Å². The molecule has 2 unspecified atom stereocenters. The molecule has 1 rings (SSSR count). The fourth-order valence-corrected chi connectivity index (χ4v) is 3.70. The van der Waals surface area contributed by atoms with Crippen molar-refractivity contribution in [1.29, 1.82) is 0 Å². The van der Waals surface area contributed by atoms with Crippen LogP contribution in [0.15, 0.2) is 0 Å². The van der Waals surface area contributed by atoms with Crippen molar-refractivity contribution < 1.29 is 9.84 Å². The molecule has 4 heteroatoms. The van der Waals surface area contributed by atoms with E-state index in [1.165, 1.54) is 0 Å². The molecule has 0 aromatic carbocycles. The Balaban J connectivity index is 2.83. The van der Waals surface area contributed by atoms with Gasteiger partial charge in [0.1, 0.15) is 0 Å². The molecule has 0 bridgehead atoms. The molecule has 1 heterocycles. The summed E-state index contributed by atoms with van der Waals surface area (Å²) < 4.78 is 6.29. The lowest BCUT2D eigenvalue weighted by atomic mass is 9.82. The Hall–Kier alpha value is -0.160. The number of aliphatic hydroxyl groups is 1. The number of hydrogen-bond donors (Lipinski definition) is 2. The van der Waals surface area contributed by atoms with Gasteiger partial charge in [0.15, 0.2) is 0 Å². The van der Waals surface area contributed by atoms with Crippen LogP contribution in [0.25, 0.3) is 0 Å². The largest absolute Gasteiger partial charge is 0.389 e. The lowest BCUT2D eigenvalue weighted by Crippen LogP contribution is -2.51. The van der Waals surface area contributed by atoms with Gasteiger partial charge in [-0.15, -0.1) is 0 Å². The summed E-state index contributed by atoms with van der Waals surface area (Å²) in [6.07, 6.45) is 0. The predicted octanol–water partition coefficient (Wildman–Crippen LogP) is 1.87. The molecule has 1 aliphatic rings. The third-order valence-corrected chi connectivity index (χ3v) is 4.16. The molecule has 1 fully saturated rings. The van der Waals surface area contributed by atoms with Gasteiger partial charge in [0, 0.05) is 25.0 Å². The van der Waals surface area contributed by atoms with Gasteiger partial charge in [-0.3, -0.25) is 0 Å². The maximum Gasteiger partial charge on any atom is 0.0790 e. The molecule has 120 valence electrons. The van der Waals surface area contributed by atoms with E-state index in [2.05, 4.69) is 51.9 Å². The maximum atomic E-state index is 9.98. The van der Waals surface area contributed by atoms with Gasteiger partial charge in [-0.25, -0.2) is 0 Å². The van der Waals surface area contributed by atoms with Gasteiger partial charge in [-0.1, -0.05) is 6.92 Å². The zero-order valence-electron chi connectivity index (χ0n) is 14.6. The zero-order valence-corrected chi connectivity index (χ0v) is 14.6. The smallest absolute Gasteiger partial charge is 0.0790 e. The molecule has 0 saturated carbocycles. The van der Waals surface area contributed by atoms with Gasteiger partial charge in [0.2, 0.25) is 0 Å². The molecule has 1 aliphatic heterocycles. The van der Waals surface area contributed by atoms with E-state index in [1.807, 2.05) is 13.8 Å². The van der Waals surface area contributed by atoms with E-state index in [0.29, 0.717) is 18.5 Å². The van der Waals surface area contributed by atoms with Crippen molar-refractivity contribution in [3.05, 3.63) is 0 Å². The van der Waals surface area contributed by atoms with Crippen LogP contribution in [0.1, 0.15) is 48.5 Å². The highest BCUT2D eigenvalue weighted by atomic mass is 16.5. The van der Waals surface area contributed by atoms with Crippen LogP contribution in [0.5, 0.6) is 0 Å². The number of nitrogens with zero attached hydrogens (tertiary/aromatic N) is 1.